The number of carboxylic acids is 1. The minimum absolute atomic E-state index is 0.284. The van der Waals surface area contributed by atoms with E-state index < -0.39 is 5.97 Å². The molecule has 0 spiro atoms. The summed E-state index contributed by atoms with van der Waals surface area (Å²) in [6, 6.07) is 5.34. The number of carboxylic acid groups (broad SMARTS) is 1. The second-order valence-corrected chi connectivity index (χ2v) is 3.93. The Labute approximate surface area is 102 Å². The first-order valence-corrected chi connectivity index (χ1v) is 5.20. The van der Waals surface area contributed by atoms with Crippen molar-refractivity contribution in [3.05, 3.63) is 28.8 Å². The third-order valence-corrected chi connectivity index (χ3v) is 2.65. The van der Waals surface area contributed by atoms with Gasteiger partial charge in [-0.2, -0.15) is 0 Å². The second-order valence-electron chi connectivity index (χ2n) is 3.52. The molecule has 1 aromatic heterocycles. The first-order chi connectivity index (χ1) is 8.08. The molecule has 1 N–H and O–H groups in total. The Morgan fingerprint density at radius 1 is 1.53 bits per heavy atom. The minimum Gasteiger partial charge on any atom is -0.480 e. The van der Waals surface area contributed by atoms with Crippen molar-refractivity contribution < 1.29 is 9.90 Å². The van der Waals surface area contributed by atoms with Gasteiger partial charge in [0.2, 0.25) is 0 Å². The summed E-state index contributed by atoms with van der Waals surface area (Å²) in [4.78, 5) is 10.6. The highest BCUT2D eigenvalue weighted by atomic mass is 35.5. The molecule has 2 rings (SSSR count). The fraction of sp³-hybridized carbons (Fsp3) is 0.200. The van der Waals surface area contributed by atoms with Crippen molar-refractivity contribution >= 4 is 17.6 Å². The highest BCUT2D eigenvalue weighted by Crippen LogP contribution is 2.23. The molecule has 17 heavy (non-hydrogen) atoms. The first kappa shape index (κ1) is 11.5. The summed E-state index contributed by atoms with van der Waals surface area (Å²) in [5.41, 5.74) is 1.62. The number of aryl methyl sites for hydroxylation is 1. The number of rotatable bonds is 3. The van der Waals surface area contributed by atoms with Gasteiger partial charge in [0, 0.05) is 10.6 Å². The lowest BCUT2D eigenvalue weighted by atomic mass is 10.1. The Bertz CT molecular complexity index is 567. The molecule has 2 aromatic rings. The van der Waals surface area contributed by atoms with Crippen molar-refractivity contribution in [1.29, 1.82) is 0 Å². The summed E-state index contributed by atoms with van der Waals surface area (Å²) in [7, 11) is 0. The van der Waals surface area contributed by atoms with Gasteiger partial charge in [-0.1, -0.05) is 23.7 Å². The maximum atomic E-state index is 10.6. The number of benzene rings is 1. The largest absolute Gasteiger partial charge is 0.480 e. The Kier molecular flexibility index (Phi) is 3.06. The molecule has 0 radical (unpaired) electrons. The van der Waals surface area contributed by atoms with E-state index in [-0.39, 0.29) is 6.54 Å². The van der Waals surface area contributed by atoms with Crippen molar-refractivity contribution in [2.24, 2.45) is 0 Å². The number of carbonyl (C=O) groups is 1. The van der Waals surface area contributed by atoms with E-state index in [2.05, 4.69) is 15.5 Å². The number of hydrogen-bond acceptors (Lipinski definition) is 4. The molecule has 1 aromatic carbocycles. The Balaban J connectivity index is 2.42. The van der Waals surface area contributed by atoms with Gasteiger partial charge in [-0.25, -0.2) is 4.68 Å². The number of aromatic nitrogens is 4. The van der Waals surface area contributed by atoms with Crippen LogP contribution in [0.3, 0.4) is 0 Å². The van der Waals surface area contributed by atoms with Crippen LogP contribution in [0, 0.1) is 6.92 Å². The van der Waals surface area contributed by atoms with Gasteiger partial charge in [0.1, 0.15) is 6.54 Å². The monoisotopic (exact) mass is 252 g/mol. The standard InChI is InChI=1S/C10H9ClN4O2/c1-6-2-3-7(4-8(6)11)10-12-13-14-15(10)5-9(16)17/h2-4H,5H2,1H3,(H,16,17). The molecular formula is C10H9ClN4O2. The molecule has 0 aliphatic carbocycles. The first-order valence-electron chi connectivity index (χ1n) is 4.82. The van der Waals surface area contributed by atoms with Gasteiger partial charge in [-0.3, -0.25) is 4.79 Å². The van der Waals surface area contributed by atoms with Crippen LogP contribution in [-0.4, -0.2) is 31.3 Å². The summed E-state index contributed by atoms with van der Waals surface area (Å²) in [6.07, 6.45) is 0. The van der Waals surface area contributed by atoms with Crippen LogP contribution < -0.4 is 0 Å². The lowest BCUT2D eigenvalue weighted by Crippen LogP contribution is -2.11. The minimum atomic E-state index is -1.00. The van der Waals surface area contributed by atoms with Gasteiger partial charge < -0.3 is 5.11 Å². The Hall–Kier alpha value is -1.95. The Morgan fingerprint density at radius 2 is 2.29 bits per heavy atom. The second kappa shape index (κ2) is 4.50. The van der Waals surface area contributed by atoms with Crippen LogP contribution in [0.1, 0.15) is 5.56 Å². The third kappa shape index (κ3) is 2.42. The van der Waals surface area contributed by atoms with Crippen LogP contribution in [0.5, 0.6) is 0 Å². The molecule has 0 aliphatic rings. The molecule has 0 atom stereocenters. The average molecular weight is 253 g/mol. The molecule has 0 unspecified atom stereocenters. The maximum Gasteiger partial charge on any atom is 0.325 e. The van der Waals surface area contributed by atoms with E-state index in [9.17, 15) is 4.79 Å². The summed E-state index contributed by atoms with van der Waals surface area (Å²) in [5.74, 6) is -0.619. The van der Waals surface area contributed by atoms with Gasteiger partial charge in [0.15, 0.2) is 5.82 Å². The smallest absolute Gasteiger partial charge is 0.325 e. The molecule has 7 heteroatoms. The van der Waals surface area contributed by atoms with Gasteiger partial charge in [-0.05, 0) is 29.0 Å². The van der Waals surface area contributed by atoms with Crippen LogP contribution in [0.15, 0.2) is 18.2 Å². The van der Waals surface area contributed by atoms with Crippen LogP contribution in [0.4, 0.5) is 0 Å². The topological polar surface area (TPSA) is 80.9 Å². The van der Waals surface area contributed by atoms with Crippen LogP contribution in [0.2, 0.25) is 5.02 Å². The van der Waals surface area contributed by atoms with E-state index in [0.29, 0.717) is 16.4 Å². The number of halogens is 1. The van der Waals surface area contributed by atoms with Gasteiger partial charge in [0.05, 0.1) is 0 Å². The van der Waals surface area contributed by atoms with Crippen LogP contribution >= 0.6 is 11.6 Å². The molecule has 88 valence electrons. The fourth-order valence-electron chi connectivity index (χ4n) is 1.38. The molecular weight excluding hydrogens is 244 g/mol. The summed E-state index contributed by atoms with van der Waals surface area (Å²) < 4.78 is 1.21. The van der Waals surface area contributed by atoms with Crippen LogP contribution in [0.25, 0.3) is 11.4 Å². The quantitative estimate of drug-likeness (QED) is 0.893. The lowest BCUT2D eigenvalue weighted by Gasteiger charge is -2.03. The van der Waals surface area contributed by atoms with Gasteiger partial charge in [-0.15, -0.1) is 5.10 Å². The van der Waals surface area contributed by atoms with E-state index >= 15 is 0 Å². The average Bonchev–Trinajstić information content (AvgIpc) is 2.69. The van der Waals surface area contributed by atoms with Crippen molar-refractivity contribution in [3.63, 3.8) is 0 Å². The molecule has 0 saturated heterocycles. The van der Waals surface area contributed by atoms with E-state index in [4.69, 9.17) is 16.7 Å². The number of nitrogens with zero attached hydrogens (tertiary/aromatic N) is 4. The molecule has 6 nitrogen and oxygen atoms in total. The zero-order valence-electron chi connectivity index (χ0n) is 8.96. The molecule has 0 fully saturated rings. The van der Waals surface area contributed by atoms with E-state index in [1.54, 1.807) is 12.1 Å². The maximum absolute atomic E-state index is 10.6. The predicted octanol–water partition coefficient (Wildman–Crippen LogP) is 1.39. The van der Waals surface area contributed by atoms with E-state index in [1.165, 1.54) is 4.68 Å². The van der Waals surface area contributed by atoms with Crippen molar-refractivity contribution in [1.82, 2.24) is 20.2 Å². The fourth-order valence-corrected chi connectivity index (χ4v) is 1.56. The third-order valence-electron chi connectivity index (χ3n) is 2.25. The summed E-state index contributed by atoms with van der Waals surface area (Å²) >= 11 is 5.99. The zero-order valence-corrected chi connectivity index (χ0v) is 9.72. The SMILES string of the molecule is Cc1ccc(-c2nnnn2CC(=O)O)cc1Cl. The number of hydrogen-bond donors (Lipinski definition) is 1. The highest BCUT2D eigenvalue weighted by molar-refractivity contribution is 6.31. The number of aliphatic carboxylic acids is 1. The van der Waals surface area contributed by atoms with E-state index in [1.807, 2.05) is 13.0 Å². The van der Waals surface area contributed by atoms with Gasteiger partial charge >= 0.3 is 5.97 Å². The Morgan fingerprint density at radius 3 is 2.94 bits per heavy atom. The zero-order chi connectivity index (χ0) is 12.4. The summed E-state index contributed by atoms with van der Waals surface area (Å²) in [6.45, 7) is 1.60. The van der Waals surface area contributed by atoms with E-state index in [0.717, 1.165) is 5.56 Å². The highest BCUT2D eigenvalue weighted by Gasteiger charge is 2.12. The molecule has 0 amide bonds. The van der Waals surface area contributed by atoms with Crippen molar-refractivity contribution in [2.45, 2.75) is 13.5 Å². The van der Waals surface area contributed by atoms with Crippen molar-refractivity contribution in [2.75, 3.05) is 0 Å². The molecule has 0 bridgehead atoms. The molecule has 0 aliphatic heterocycles. The molecule has 1 heterocycles. The predicted molar refractivity (Wildman–Crippen MR) is 60.6 cm³/mol. The van der Waals surface area contributed by atoms with Crippen molar-refractivity contribution in [3.8, 4) is 11.4 Å². The number of tetrazole rings is 1. The van der Waals surface area contributed by atoms with Crippen LogP contribution in [-0.2, 0) is 11.3 Å². The lowest BCUT2D eigenvalue weighted by molar-refractivity contribution is -0.137. The van der Waals surface area contributed by atoms with Gasteiger partial charge in [0.25, 0.3) is 0 Å². The summed E-state index contributed by atoms with van der Waals surface area (Å²) in [5, 5.41) is 20.2. The normalized spacial score (nSPS) is 10.5. The molecule has 0 saturated carbocycles.